The Balaban J connectivity index is 1.61. The number of benzene rings is 3. The fraction of sp³-hybridized carbons (Fsp3) is 0.0833. The molecule has 0 aliphatic rings. The maximum absolute atomic E-state index is 14.0. The van der Waals surface area contributed by atoms with Crippen LogP contribution in [0, 0.1) is 5.82 Å². The lowest BCUT2D eigenvalue weighted by molar-refractivity contribution is 0.101. The normalized spacial score (nSPS) is 10.6. The van der Waals surface area contributed by atoms with E-state index in [-0.39, 0.29) is 11.7 Å². The van der Waals surface area contributed by atoms with Gasteiger partial charge in [-0.05, 0) is 30.3 Å². The quantitative estimate of drug-likeness (QED) is 0.403. The summed E-state index contributed by atoms with van der Waals surface area (Å²) >= 11 is 1.19. The number of amides is 2. The molecule has 2 amide bonds. The number of thiophene rings is 1. The molecular weight excluding hydrogens is 431 g/mol. The van der Waals surface area contributed by atoms with Crippen molar-refractivity contribution in [3.63, 3.8) is 0 Å². The number of carbonyl (C=O) groups excluding carboxylic acids is 2. The molecule has 4 rings (SSSR count). The second-order valence-electron chi connectivity index (χ2n) is 6.79. The number of carbonyl (C=O) groups is 2. The zero-order valence-electron chi connectivity index (χ0n) is 17.3. The van der Waals surface area contributed by atoms with Crippen LogP contribution in [0.3, 0.4) is 0 Å². The summed E-state index contributed by atoms with van der Waals surface area (Å²) in [7, 11) is 2.91. The predicted octanol–water partition coefficient (Wildman–Crippen LogP) is 5.56. The summed E-state index contributed by atoms with van der Waals surface area (Å²) in [5.41, 5.74) is 1.23. The van der Waals surface area contributed by atoms with E-state index < -0.39 is 5.91 Å². The van der Waals surface area contributed by atoms with E-state index in [1.807, 2.05) is 6.07 Å². The summed E-state index contributed by atoms with van der Waals surface area (Å²) in [6, 6.07) is 18.1. The van der Waals surface area contributed by atoms with E-state index in [9.17, 15) is 14.0 Å². The number of nitrogens with one attached hydrogen (secondary N) is 2. The molecule has 8 heteroatoms. The van der Waals surface area contributed by atoms with Crippen LogP contribution in [-0.4, -0.2) is 26.0 Å². The van der Waals surface area contributed by atoms with E-state index in [0.717, 1.165) is 0 Å². The van der Waals surface area contributed by atoms with Gasteiger partial charge >= 0.3 is 0 Å². The Morgan fingerprint density at radius 3 is 2.03 bits per heavy atom. The van der Waals surface area contributed by atoms with Crippen molar-refractivity contribution in [2.24, 2.45) is 0 Å². The molecule has 0 fully saturated rings. The molecule has 0 atom stereocenters. The summed E-state index contributed by atoms with van der Waals surface area (Å²) in [5.74, 6) is -0.430. The predicted molar refractivity (Wildman–Crippen MR) is 124 cm³/mol. The number of hydrogen-bond donors (Lipinski definition) is 2. The van der Waals surface area contributed by atoms with E-state index in [2.05, 4.69) is 10.6 Å². The van der Waals surface area contributed by atoms with Crippen LogP contribution in [0.1, 0.15) is 20.0 Å². The first-order valence-corrected chi connectivity index (χ1v) is 10.4. The zero-order valence-corrected chi connectivity index (χ0v) is 18.1. The van der Waals surface area contributed by atoms with E-state index in [0.29, 0.717) is 43.4 Å². The van der Waals surface area contributed by atoms with Gasteiger partial charge in [-0.2, -0.15) is 0 Å². The molecule has 0 aliphatic heterocycles. The summed E-state index contributed by atoms with van der Waals surface area (Å²) in [5, 5.41) is 5.96. The van der Waals surface area contributed by atoms with Gasteiger partial charge in [0.15, 0.2) is 0 Å². The van der Waals surface area contributed by atoms with Crippen molar-refractivity contribution in [3.05, 3.63) is 83.0 Å². The number of halogens is 1. The molecular formula is C24H19FN2O4S. The molecule has 162 valence electrons. The first-order chi connectivity index (χ1) is 15.5. The van der Waals surface area contributed by atoms with Crippen LogP contribution in [0.2, 0.25) is 0 Å². The van der Waals surface area contributed by atoms with E-state index >= 15 is 0 Å². The van der Waals surface area contributed by atoms with Gasteiger partial charge in [0.25, 0.3) is 11.8 Å². The fourth-order valence-corrected chi connectivity index (χ4v) is 4.17. The van der Waals surface area contributed by atoms with Crippen molar-refractivity contribution in [1.29, 1.82) is 0 Å². The molecule has 0 bridgehead atoms. The Hall–Kier alpha value is -3.91. The van der Waals surface area contributed by atoms with Gasteiger partial charge in [-0.1, -0.05) is 24.3 Å². The molecule has 32 heavy (non-hydrogen) atoms. The Kier molecular flexibility index (Phi) is 6.04. The monoisotopic (exact) mass is 450 g/mol. The molecule has 0 spiro atoms. The molecule has 2 N–H and O–H groups in total. The second-order valence-corrected chi connectivity index (χ2v) is 7.87. The van der Waals surface area contributed by atoms with E-state index in [4.69, 9.17) is 9.47 Å². The molecule has 3 aromatic carbocycles. The van der Waals surface area contributed by atoms with E-state index in [1.54, 1.807) is 48.5 Å². The molecule has 0 saturated carbocycles. The second kappa shape index (κ2) is 9.07. The molecule has 0 radical (unpaired) electrons. The summed E-state index contributed by atoms with van der Waals surface area (Å²) in [6.07, 6.45) is 0. The van der Waals surface area contributed by atoms with Crippen molar-refractivity contribution in [3.8, 4) is 11.5 Å². The van der Waals surface area contributed by atoms with Gasteiger partial charge in [0.05, 0.1) is 30.5 Å². The van der Waals surface area contributed by atoms with Gasteiger partial charge in [0, 0.05) is 27.8 Å². The number of fused-ring (bicyclic) bond motifs is 1. The molecule has 1 heterocycles. The standard InChI is InChI=1S/C24H19FN2O4S/c1-30-19-13-18(27-24(29)22-11-15-16(25)9-6-10-21(15)32-22)20(31-2)12-17(19)26-23(28)14-7-4-3-5-8-14/h3-13H,1-2H3,(H,26,28)(H,27,29). The molecule has 0 unspecified atom stereocenters. The Morgan fingerprint density at radius 1 is 0.812 bits per heavy atom. The Labute approximate surface area is 187 Å². The lowest BCUT2D eigenvalue weighted by Crippen LogP contribution is -2.14. The maximum Gasteiger partial charge on any atom is 0.265 e. The van der Waals surface area contributed by atoms with Crippen LogP contribution in [0.15, 0.2) is 66.7 Å². The minimum atomic E-state index is -0.410. The minimum absolute atomic E-state index is 0.310. The maximum atomic E-state index is 14.0. The third-order valence-corrected chi connectivity index (χ3v) is 5.89. The lowest BCUT2D eigenvalue weighted by atomic mass is 10.2. The molecule has 0 aliphatic carbocycles. The highest BCUT2D eigenvalue weighted by Crippen LogP contribution is 2.37. The molecule has 4 aromatic rings. The highest BCUT2D eigenvalue weighted by atomic mass is 32.1. The number of hydrogen-bond acceptors (Lipinski definition) is 5. The average Bonchev–Trinajstić information content (AvgIpc) is 3.26. The lowest BCUT2D eigenvalue weighted by Gasteiger charge is -2.16. The zero-order chi connectivity index (χ0) is 22.7. The molecule has 0 saturated heterocycles. The van der Waals surface area contributed by atoms with Crippen LogP contribution >= 0.6 is 11.3 Å². The average molecular weight is 450 g/mol. The van der Waals surface area contributed by atoms with Gasteiger partial charge in [0.1, 0.15) is 17.3 Å². The summed E-state index contributed by atoms with van der Waals surface area (Å²) in [6.45, 7) is 0. The van der Waals surface area contributed by atoms with Crippen LogP contribution in [0.5, 0.6) is 11.5 Å². The van der Waals surface area contributed by atoms with Crippen LogP contribution in [0.4, 0.5) is 15.8 Å². The van der Waals surface area contributed by atoms with Gasteiger partial charge in [-0.3, -0.25) is 9.59 Å². The van der Waals surface area contributed by atoms with Crippen LogP contribution in [-0.2, 0) is 0 Å². The first-order valence-electron chi connectivity index (χ1n) is 9.62. The largest absolute Gasteiger partial charge is 0.494 e. The summed E-state index contributed by atoms with van der Waals surface area (Å²) in [4.78, 5) is 25.7. The van der Waals surface area contributed by atoms with Gasteiger partial charge < -0.3 is 20.1 Å². The van der Waals surface area contributed by atoms with Crippen molar-refractivity contribution >= 4 is 44.6 Å². The SMILES string of the molecule is COc1cc(NC(=O)c2cc3c(F)cccc3s2)c(OC)cc1NC(=O)c1ccccc1. The van der Waals surface area contributed by atoms with Crippen molar-refractivity contribution in [2.75, 3.05) is 24.9 Å². The smallest absolute Gasteiger partial charge is 0.265 e. The van der Waals surface area contributed by atoms with Gasteiger partial charge in [-0.25, -0.2) is 4.39 Å². The molecule has 6 nitrogen and oxygen atoms in total. The van der Waals surface area contributed by atoms with Crippen LogP contribution < -0.4 is 20.1 Å². The molecule has 1 aromatic heterocycles. The van der Waals surface area contributed by atoms with Gasteiger partial charge in [-0.15, -0.1) is 11.3 Å². The third-order valence-electron chi connectivity index (χ3n) is 4.79. The number of rotatable bonds is 6. The first kappa shape index (κ1) is 21.3. The topological polar surface area (TPSA) is 76.7 Å². The van der Waals surface area contributed by atoms with E-state index in [1.165, 1.54) is 37.7 Å². The van der Waals surface area contributed by atoms with Crippen molar-refractivity contribution in [2.45, 2.75) is 0 Å². The minimum Gasteiger partial charge on any atom is -0.494 e. The summed E-state index contributed by atoms with van der Waals surface area (Å²) < 4.78 is 25.5. The Morgan fingerprint density at radius 2 is 1.44 bits per heavy atom. The van der Waals surface area contributed by atoms with Gasteiger partial charge in [0.2, 0.25) is 0 Å². The van der Waals surface area contributed by atoms with Crippen molar-refractivity contribution < 1.29 is 23.5 Å². The number of anilines is 2. The highest BCUT2D eigenvalue weighted by Gasteiger charge is 2.18. The highest BCUT2D eigenvalue weighted by molar-refractivity contribution is 7.20. The number of ether oxygens (including phenoxy) is 2. The number of methoxy groups -OCH3 is 2. The Bertz CT molecular complexity index is 1300. The van der Waals surface area contributed by atoms with Crippen LogP contribution in [0.25, 0.3) is 10.1 Å². The fourth-order valence-electron chi connectivity index (χ4n) is 3.20. The van der Waals surface area contributed by atoms with Crippen molar-refractivity contribution in [1.82, 2.24) is 0 Å². The third kappa shape index (κ3) is 4.26.